The van der Waals surface area contributed by atoms with E-state index in [4.69, 9.17) is 14.3 Å². The van der Waals surface area contributed by atoms with Crippen molar-refractivity contribution >= 4 is 23.4 Å². The average molecular weight is 405 g/mol. The summed E-state index contributed by atoms with van der Waals surface area (Å²) in [6, 6.07) is 2.56. The minimum Gasteiger partial charge on any atom is -0.493 e. The van der Waals surface area contributed by atoms with Crippen LogP contribution in [0, 0.1) is 0 Å². The first-order valence-electron chi connectivity index (χ1n) is 9.75. The minimum atomic E-state index is -0.548. The van der Waals surface area contributed by atoms with Gasteiger partial charge >= 0.3 is 0 Å². The maximum atomic E-state index is 12.9. The van der Waals surface area contributed by atoms with Gasteiger partial charge in [-0.2, -0.15) is 0 Å². The van der Waals surface area contributed by atoms with E-state index in [9.17, 15) is 14.4 Å². The number of nitrogens with zero attached hydrogens (tertiary/aromatic N) is 2. The molecule has 0 radical (unpaired) electrons. The van der Waals surface area contributed by atoms with Gasteiger partial charge in [-0.3, -0.25) is 19.2 Å². The number of hydrogen-bond donors (Lipinski definition) is 1. The summed E-state index contributed by atoms with van der Waals surface area (Å²) in [4.78, 5) is 44.5. The lowest BCUT2D eigenvalue weighted by atomic mass is 10.1. The monoisotopic (exact) mass is 405 g/mol. The van der Waals surface area contributed by atoms with Crippen molar-refractivity contribution in [3.63, 3.8) is 0 Å². The molecule has 9 heteroatoms. The highest BCUT2D eigenvalue weighted by atomic mass is 16.7. The van der Waals surface area contributed by atoms with Gasteiger partial charge in [-0.05, 0) is 37.8 Å². The summed E-state index contributed by atoms with van der Waals surface area (Å²) in [5.41, 5.74) is 0.627. The lowest BCUT2D eigenvalue weighted by Crippen LogP contribution is -2.42. The first-order valence-corrected chi connectivity index (χ1v) is 9.75. The Bertz CT molecular complexity index is 791. The standard InChI is InChI=1S/C20H27N3O6/c1-13(24)22-8-6-7-16(22)19(25)21-15-11-14(12-17(27-2)18(15)28-3)20(26)23-9-4-5-10-29-23/h11-12,16H,4-10H2,1-3H3,(H,21,25)/t16-/m0/s1. The van der Waals surface area contributed by atoms with Gasteiger partial charge in [0.1, 0.15) is 6.04 Å². The third-order valence-electron chi connectivity index (χ3n) is 5.17. The number of ether oxygens (including phenoxy) is 2. The Kier molecular flexibility index (Phi) is 6.58. The Hall–Kier alpha value is -2.81. The summed E-state index contributed by atoms with van der Waals surface area (Å²) in [7, 11) is 2.92. The fourth-order valence-electron chi connectivity index (χ4n) is 3.71. The molecule has 2 aliphatic heterocycles. The van der Waals surface area contributed by atoms with Crippen LogP contribution < -0.4 is 14.8 Å². The van der Waals surface area contributed by atoms with Crippen molar-refractivity contribution in [2.24, 2.45) is 0 Å². The molecule has 1 N–H and O–H groups in total. The Morgan fingerprint density at radius 1 is 1.10 bits per heavy atom. The maximum absolute atomic E-state index is 12.9. The van der Waals surface area contributed by atoms with E-state index in [1.807, 2.05) is 0 Å². The van der Waals surface area contributed by atoms with Crippen LogP contribution in [-0.4, -0.2) is 67.6 Å². The Morgan fingerprint density at radius 3 is 2.52 bits per heavy atom. The molecule has 0 aliphatic carbocycles. The normalized spacial score (nSPS) is 19.1. The number of hydrogen-bond acceptors (Lipinski definition) is 6. The van der Waals surface area contributed by atoms with Crippen molar-refractivity contribution in [1.29, 1.82) is 0 Å². The Morgan fingerprint density at radius 2 is 1.90 bits per heavy atom. The first kappa shape index (κ1) is 20.9. The second-order valence-electron chi connectivity index (χ2n) is 7.07. The molecule has 2 aliphatic rings. The van der Waals surface area contributed by atoms with Gasteiger partial charge in [0.15, 0.2) is 11.5 Å². The number of nitrogens with one attached hydrogen (secondary N) is 1. The van der Waals surface area contributed by atoms with Gasteiger partial charge in [-0.1, -0.05) is 0 Å². The molecule has 1 aromatic carbocycles. The van der Waals surface area contributed by atoms with Gasteiger partial charge in [0.2, 0.25) is 11.8 Å². The lowest BCUT2D eigenvalue weighted by Gasteiger charge is -2.27. The predicted octanol–water partition coefficient (Wildman–Crippen LogP) is 1.82. The number of rotatable bonds is 5. The predicted molar refractivity (Wildman–Crippen MR) is 105 cm³/mol. The van der Waals surface area contributed by atoms with E-state index in [0.717, 1.165) is 19.3 Å². The van der Waals surface area contributed by atoms with Gasteiger partial charge in [-0.15, -0.1) is 0 Å². The van der Waals surface area contributed by atoms with Crippen LogP contribution in [0.5, 0.6) is 11.5 Å². The van der Waals surface area contributed by atoms with Crippen LogP contribution in [-0.2, 0) is 14.4 Å². The van der Waals surface area contributed by atoms with E-state index in [1.54, 1.807) is 17.0 Å². The molecule has 0 spiro atoms. The first-order chi connectivity index (χ1) is 14.0. The summed E-state index contributed by atoms with van der Waals surface area (Å²) in [5.74, 6) is -0.146. The molecule has 1 atom stereocenters. The molecular formula is C20H27N3O6. The van der Waals surface area contributed by atoms with E-state index >= 15 is 0 Å². The van der Waals surface area contributed by atoms with Crippen molar-refractivity contribution in [2.75, 3.05) is 39.2 Å². The number of likely N-dealkylation sites (tertiary alicyclic amines) is 1. The molecule has 158 valence electrons. The third-order valence-corrected chi connectivity index (χ3v) is 5.17. The molecule has 29 heavy (non-hydrogen) atoms. The summed E-state index contributed by atoms with van der Waals surface area (Å²) >= 11 is 0. The number of anilines is 1. The summed E-state index contributed by atoms with van der Waals surface area (Å²) in [6.07, 6.45) is 3.13. The van der Waals surface area contributed by atoms with Crippen molar-refractivity contribution < 1.29 is 28.7 Å². The molecular weight excluding hydrogens is 378 g/mol. The molecule has 0 unspecified atom stereocenters. The maximum Gasteiger partial charge on any atom is 0.277 e. The van der Waals surface area contributed by atoms with Crippen LogP contribution in [0.2, 0.25) is 0 Å². The zero-order valence-corrected chi connectivity index (χ0v) is 17.0. The molecule has 2 heterocycles. The Labute approximate surface area is 169 Å². The van der Waals surface area contributed by atoms with E-state index in [-0.39, 0.29) is 17.7 Å². The summed E-state index contributed by atoms with van der Waals surface area (Å²) in [6.45, 7) is 3.00. The fraction of sp³-hybridized carbons (Fsp3) is 0.550. The summed E-state index contributed by atoms with van der Waals surface area (Å²) < 4.78 is 10.8. The molecule has 9 nitrogen and oxygen atoms in total. The van der Waals surface area contributed by atoms with Crippen LogP contribution in [0.15, 0.2) is 12.1 Å². The highest BCUT2D eigenvalue weighted by Gasteiger charge is 2.33. The second-order valence-corrected chi connectivity index (χ2v) is 7.07. The van der Waals surface area contributed by atoms with Gasteiger partial charge in [0, 0.05) is 25.6 Å². The SMILES string of the molecule is COc1cc(C(=O)N2CCCCO2)cc(NC(=O)[C@@H]2CCCN2C(C)=O)c1OC. The zero-order valence-electron chi connectivity index (χ0n) is 17.0. The van der Waals surface area contributed by atoms with Crippen LogP contribution in [0.3, 0.4) is 0 Å². The molecule has 0 bridgehead atoms. The highest BCUT2D eigenvalue weighted by molar-refractivity contribution is 6.01. The van der Waals surface area contributed by atoms with E-state index in [0.29, 0.717) is 48.9 Å². The number of benzene rings is 1. The number of amides is 3. The summed E-state index contributed by atoms with van der Waals surface area (Å²) in [5, 5.41) is 4.14. The average Bonchev–Trinajstić information content (AvgIpc) is 3.23. The van der Waals surface area contributed by atoms with Gasteiger partial charge in [0.05, 0.1) is 26.5 Å². The van der Waals surface area contributed by atoms with Crippen molar-refractivity contribution in [3.05, 3.63) is 17.7 Å². The van der Waals surface area contributed by atoms with E-state index in [2.05, 4.69) is 5.32 Å². The quantitative estimate of drug-likeness (QED) is 0.803. The van der Waals surface area contributed by atoms with Crippen LogP contribution >= 0.6 is 0 Å². The van der Waals surface area contributed by atoms with E-state index in [1.165, 1.54) is 26.2 Å². The largest absolute Gasteiger partial charge is 0.493 e. The second kappa shape index (κ2) is 9.13. The molecule has 2 saturated heterocycles. The van der Waals surface area contributed by atoms with E-state index < -0.39 is 6.04 Å². The number of methoxy groups -OCH3 is 2. The molecule has 3 rings (SSSR count). The van der Waals surface area contributed by atoms with Gasteiger partial charge in [-0.25, -0.2) is 5.06 Å². The topological polar surface area (TPSA) is 97.4 Å². The van der Waals surface area contributed by atoms with Crippen LogP contribution in [0.1, 0.15) is 43.0 Å². The molecule has 0 aromatic heterocycles. The van der Waals surface area contributed by atoms with Crippen LogP contribution in [0.25, 0.3) is 0 Å². The van der Waals surface area contributed by atoms with Crippen molar-refractivity contribution in [3.8, 4) is 11.5 Å². The fourth-order valence-corrected chi connectivity index (χ4v) is 3.71. The number of carbonyl (C=O) groups excluding carboxylic acids is 3. The smallest absolute Gasteiger partial charge is 0.277 e. The van der Waals surface area contributed by atoms with Gasteiger partial charge < -0.3 is 19.7 Å². The Balaban J connectivity index is 1.89. The molecule has 2 fully saturated rings. The number of carbonyl (C=O) groups is 3. The van der Waals surface area contributed by atoms with Crippen molar-refractivity contribution in [2.45, 2.75) is 38.6 Å². The minimum absolute atomic E-state index is 0.140. The molecule has 0 saturated carbocycles. The zero-order chi connectivity index (χ0) is 21.0. The number of hydroxylamine groups is 2. The van der Waals surface area contributed by atoms with Crippen molar-refractivity contribution in [1.82, 2.24) is 9.96 Å². The lowest BCUT2D eigenvalue weighted by molar-refractivity contribution is -0.144. The van der Waals surface area contributed by atoms with Gasteiger partial charge in [0.25, 0.3) is 5.91 Å². The third kappa shape index (κ3) is 4.45. The highest BCUT2D eigenvalue weighted by Crippen LogP contribution is 2.37. The molecule has 3 amide bonds. The molecule has 1 aromatic rings. The van der Waals surface area contributed by atoms with Crippen LogP contribution in [0.4, 0.5) is 5.69 Å².